The summed E-state index contributed by atoms with van der Waals surface area (Å²) in [6.07, 6.45) is 3.34. The molecule has 2 heterocycles. The average molecular weight is 345 g/mol. The molecule has 0 unspecified atom stereocenters. The molecule has 0 aromatic carbocycles. The Balaban J connectivity index is 2.17. The Morgan fingerprint density at radius 3 is 2.89 bits per heavy atom. The standard InChI is InChI=1S/C11H13BrN4O2S/c1-13-19(17,18)5-4-15-9-2-3-14-10-6-8(12)7-16-11(9)10/h2-3,6-7,13H,4-5H2,1H3,(H,14,15). The second kappa shape index (κ2) is 5.81. The molecular weight excluding hydrogens is 332 g/mol. The van der Waals surface area contributed by atoms with Crippen molar-refractivity contribution in [3.05, 3.63) is 29.0 Å². The van der Waals surface area contributed by atoms with Gasteiger partial charge < -0.3 is 5.32 Å². The molecule has 19 heavy (non-hydrogen) atoms. The number of pyridine rings is 2. The summed E-state index contributed by atoms with van der Waals surface area (Å²) in [5, 5.41) is 3.06. The Bertz CT molecular complexity index is 690. The summed E-state index contributed by atoms with van der Waals surface area (Å²) in [7, 11) is -1.81. The lowest BCUT2D eigenvalue weighted by molar-refractivity contribution is 0.588. The summed E-state index contributed by atoms with van der Waals surface area (Å²) in [5.74, 6) is 0.00381. The van der Waals surface area contributed by atoms with Crippen LogP contribution in [0.5, 0.6) is 0 Å². The number of aromatic nitrogens is 2. The van der Waals surface area contributed by atoms with Crippen LogP contribution in [0.1, 0.15) is 0 Å². The summed E-state index contributed by atoms with van der Waals surface area (Å²) in [5.41, 5.74) is 2.23. The zero-order valence-corrected chi connectivity index (χ0v) is 12.6. The molecule has 102 valence electrons. The molecule has 0 aliphatic heterocycles. The molecule has 0 aliphatic rings. The molecule has 2 rings (SSSR count). The van der Waals surface area contributed by atoms with Crippen LogP contribution in [-0.4, -0.2) is 37.7 Å². The molecule has 0 saturated carbocycles. The molecule has 8 heteroatoms. The minimum absolute atomic E-state index is 0.00381. The lowest BCUT2D eigenvalue weighted by Gasteiger charge is -2.08. The normalized spacial score (nSPS) is 11.7. The lowest BCUT2D eigenvalue weighted by Crippen LogP contribution is -2.26. The Kier molecular flexibility index (Phi) is 4.33. The van der Waals surface area contributed by atoms with E-state index in [1.54, 1.807) is 18.5 Å². The van der Waals surface area contributed by atoms with E-state index < -0.39 is 10.0 Å². The van der Waals surface area contributed by atoms with Gasteiger partial charge in [-0.15, -0.1) is 0 Å². The highest BCUT2D eigenvalue weighted by atomic mass is 79.9. The maximum absolute atomic E-state index is 11.3. The number of nitrogens with one attached hydrogen (secondary N) is 2. The van der Waals surface area contributed by atoms with Crippen molar-refractivity contribution in [2.24, 2.45) is 0 Å². The number of hydrogen-bond donors (Lipinski definition) is 2. The van der Waals surface area contributed by atoms with E-state index in [1.165, 1.54) is 7.05 Å². The van der Waals surface area contributed by atoms with Gasteiger partial charge in [0, 0.05) is 23.4 Å². The summed E-state index contributed by atoms with van der Waals surface area (Å²) in [4.78, 5) is 8.49. The summed E-state index contributed by atoms with van der Waals surface area (Å²) < 4.78 is 25.7. The van der Waals surface area contributed by atoms with Crippen molar-refractivity contribution in [2.75, 3.05) is 24.7 Å². The van der Waals surface area contributed by atoms with Gasteiger partial charge in [-0.1, -0.05) is 0 Å². The van der Waals surface area contributed by atoms with Crippen molar-refractivity contribution in [2.45, 2.75) is 0 Å². The highest BCUT2D eigenvalue weighted by Gasteiger charge is 2.08. The molecular formula is C11H13BrN4O2S. The monoisotopic (exact) mass is 344 g/mol. The molecule has 0 bridgehead atoms. The van der Waals surface area contributed by atoms with Gasteiger partial charge in [0.2, 0.25) is 10.0 Å². The molecule has 2 aromatic rings. The fraction of sp³-hybridized carbons (Fsp3) is 0.273. The van der Waals surface area contributed by atoms with Gasteiger partial charge in [0.25, 0.3) is 0 Å². The van der Waals surface area contributed by atoms with E-state index in [2.05, 4.69) is 35.9 Å². The van der Waals surface area contributed by atoms with Crippen LogP contribution in [0.25, 0.3) is 11.0 Å². The molecule has 0 amide bonds. The first-order chi connectivity index (χ1) is 9.02. The van der Waals surface area contributed by atoms with Gasteiger partial charge in [-0.25, -0.2) is 13.1 Å². The van der Waals surface area contributed by atoms with E-state index >= 15 is 0 Å². The van der Waals surface area contributed by atoms with Crippen molar-refractivity contribution in [1.29, 1.82) is 0 Å². The maximum atomic E-state index is 11.3. The van der Waals surface area contributed by atoms with Gasteiger partial charge in [-0.2, -0.15) is 0 Å². The zero-order valence-electron chi connectivity index (χ0n) is 10.2. The zero-order chi connectivity index (χ0) is 13.9. The molecule has 2 N–H and O–H groups in total. The maximum Gasteiger partial charge on any atom is 0.213 e. The van der Waals surface area contributed by atoms with Crippen LogP contribution in [-0.2, 0) is 10.0 Å². The van der Waals surface area contributed by atoms with E-state index in [-0.39, 0.29) is 5.75 Å². The van der Waals surface area contributed by atoms with Gasteiger partial charge in [0.05, 0.1) is 17.0 Å². The number of rotatable bonds is 5. The van der Waals surface area contributed by atoms with E-state index in [9.17, 15) is 8.42 Å². The SMILES string of the molecule is CNS(=O)(=O)CCNc1ccnc2cc(Br)cnc12. The van der Waals surface area contributed by atoms with Crippen molar-refractivity contribution >= 4 is 42.7 Å². The number of anilines is 1. The number of fused-ring (bicyclic) bond motifs is 1. The largest absolute Gasteiger partial charge is 0.382 e. The van der Waals surface area contributed by atoms with E-state index in [0.29, 0.717) is 12.1 Å². The number of nitrogens with zero attached hydrogens (tertiary/aromatic N) is 2. The van der Waals surface area contributed by atoms with Crippen molar-refractivity contribution in [1.82, 2.24) is 14.7 Å². The molecule has 0 saturated heterocycles. The van der Waals surface area contributed by atoms with Gasteiger partial charge in [0.15, 0.2) is 0 Å². The fourth-order valence-electron chi connectivity index (χ4n) is 1.57. The highest BCUT2D eigenvalue weighted by molar-refractivity contribution is 9.10. The van der Waals surface area contributed by atoms with Crippen LogP contribution >= 0.6 is 15.9 Å². The average Bonchev–Trinajstić information content (AvgIpc) is 2.38. The Labute approximate surface area is 119 Å². The second-order valence-corrected chi connectivity index (χ2v) is 6.79. The summed E-state index contributed by atoms with van der Waals surface area (Å²) in [6.45, 7) is 0.306. The smallest absolute Gasteiger partial charge is 0.213 e. The van der Waals surface area contributed by atoms with E-state index in [4.69, 9.17) is 0 Å². The van der Waals surface area contributed by atoms with Gasteiger partial charge in [0.1, 0.15) is 5.52 Å². The first-order valence-corrected chi connectivity index (χ1v) is 8.02. The second-order valence-electron chi connectivity index (χ2n) is 3.83. The first-order valence-electron chi connectivity index (χ1n) is 5.57. The van der Waals surface area contributed by atoms with Gasteiger partial charge >= 0.3 is 0 Å². The van der Waals surface area contributed by atoms with Crippen molar-refractivity contribution < 1.29 is 8.42 Å². The van der Waals surface area contributed by atoms with Crippen LogP contribution in [0.15, 0.2) is 29.0 Å². The lowest BCUT2D eigenvalue weighted by atomic mass is 10.3. The third-order valence-electron chi connectivity index (χ3n) is 2.54. The molecule has 0 radical (unpaired) electrons. The Hall–Kier alpha value is -1.25. The third-order valence-corrected chi connectivity index (χ3v) is 4.34. The van der Waals surface area contributed by atoms with Gasteiger partial charge in [-0.05, 0) is 35.1 Å². The first kappa shape index (κ1) is 14.2. The van der Waals surface area contributed by atoms with Gasteiger partial charge in [-0.3, -0.25) is 9.97 Å². The summed E-state index contributed by atoms with van der Waals surface area (Å²) >= 11 is 3.33. The molecule has 6 nitrogen and oxygen atoms in total. The fourth-order valence-corrected chi connectivity index (χ4v) is 2.46. The number of halogens is 1. The quantitative estimate of drug-likeness (QED) is 0.855. The van der Waals surface area contributed by atoms with E-state index in [0.717, 1.165) is 15.7 Å². The highest BCUT2D eigenvalue weighted by Crippen LogP contribution is 2.21. The van der Waals surface area contributed by atoms with E-state index in [1.807, 2.05) is 6.07 Å². The Morgan fingerprint density at radius 1 is 1.37 bits per heavy atom. The van der Waals surface area contributed by atoms with Crippen molar-refractivity contribution in [3.63, 3.8) is 0 Å². The third kappa shape index (κ3) is 3.62. The van der Waals surface area contributed by atoms with Crippen LogP contribution < -0.4 is 10.0 Å². The predicted molar refractivity (Wildman–Crippen MR) is 78.6 cm³/mol. The van der Waals surface area contributed by atoms with Crippen LogP contribution in [0.3, 0.4) is 0 Å². The minimum atomic E-state index is -3.21. The molecule has 0 atom stereocenters. The van der Waals surface area contributed by atoms with Crippen LogP contribution in [0, 0.1) is 0 Å². The Morgan fingerprint density at radius 2 is 2.16 bits per heavy atom. The van der Waals surface area contributed by atoms with Crippen LogP contribution in [0.4, 0.5) is 5.69 Å². The molecule has 0 spiro atoms. The topological polar surface area (TPSA) is 84.0 Å². The summed E-state index contributed by atoms with van der Waals surface area (Å²) in [6, 6.07) is 3.63. The van der Waals surface area contributed by atoms with Crippen LogP contribution in [0.2, 0.25) is 0 Å². The number of hydrogen-bond acceptors (Lipinski definition) is 5. The molecule has 2 aromatic heterocycles. The molecule has 0 fully saturated rings. The number of sulfonamides is 1. The predicted octanol–water partition coefficient (Wildman–Crippen LogP) is 1.35. The van der Waals surface area contributed by atoms with Crippen molar-refractivity contribution in [3.8, 4) is 0 Å². The molecule has 0 aliphatic carbocycles. The minimum Gasteiger partial charge on any atom is -0.382 e.